The maximum absolute atomic E-state index is 11.6. The average molecular weight is 281 g/mol. The first-order chi connectivity index (χ1) is 8.65. The number of amides is 1. The van der Waals surface area contributed by atoms with Crippen molar-refractivity contribution in [2.24, 2.45) is 5.10 Å². The van der Waals surface area contributed by atoms with Gasteiger partial charge >= 0.3 is 0 Å². The van der Waals surface area contributed by atoms with Crippen molar-refractivity contribution >= 4 is 35.1 Å². The monoisotopic (exact) mass is 280 g/mol. The second-order valence-corrected chi connectivity index (χ2v) is 5.13. The van der Waals surface area contributed by atoms with Gasteiger partial charge in [-0.3, -0.25) is 4.79 Å². The molecule has 18 heavy (non-hydrogen) atoms. The Kier molecular flexibility index (Phi) is 3.96. The lowest BCUT2D eigenvalue weighted by Gasteiger charge is -1.99. The molecule has 1 aromatic carbocycles. The van der Waals surface area contributed by atoms with Gasteiger partial charge in [0.1, 0.15) is 5.75 Å². The number of phenolic OH excluding ortho intramolecular Hbond substituents is 1. The van der Waals surface area contributed by atoms with Gasteiger partial charge in [-0.1, -0.05) is 11.6 Å². The minimum absolute atomic E-state index is 0.114. The number of benzene rings is 1. The van der Waals surface area contributed by atoms with Crippen molar-refractivity contribution in [1.29, 1.82) is 0 Å². The van der Waals surface area contributed by atoms with Crippen LogP contribution < -0.4 is 5.43 Å². The Morgan fingerprint density at radius 1 is 1.28 bits per heavy atom. The third kappa shape index (κ3) is 3.32. The van der Waals surface area contributed by atoms with E-state index in [0.29, 0.717) is 9.90 Å². The van der Waals surface area contributed by atoms with Crippen LogP contribution in [0.3, 0.4) is 0 Å². The molecular weight excluding hydrogens is 272 g/mol. The van der Waals surface area contributed by atoms with Gasteiger partial charge in [0.15, 0.2) is 0 Å². The molecule has 92 valence electrons. The van der Waals surface area contributed by atoms with Crippen LogP contribution in [0.1, 0.15) is 15.2 Å². The molecule has 6 heteroatoms. The van der Waals surface area contributed by atoms with Crippen LogP contribution in [-0.2, 0) is 0 Å². The van der Waals surface area contributed by atoms with Crippen LogP contribution in [-0.4, -0.2) is 17.2 Å². The first kappa shape index (κ1) is 12.6. The topological polar surface area (TPSA) is 61.7 Å². The molecule has 0 atom stereocenters. The molecular formula is C12H9ClN2O2S. The fourth-order valence-electron chi connectivity index (χ4n) is 1.23. The van der Waals surface area contributed by atoms with E-state index in [1.54, 1.807) is 6.07 Å². The highest BCUT2D eigenvalue weighted by atomic mass is 35.5. The zero-order valence-electron chi connectivity index (χ0n) is 9.13. The number of phenols is 1. The molecule has 0 aliphatic carbocycles. The molecule has 2 N–H and O–H groups in total. The van der Waals surface area contributed by atoms with Gasteiger partial charge in [-0.2, -0.15) is 5.10 Å². The van der Waals surface area contributed by atoms with Crippen molar-refractivity contribution in [2.75, 3.05) is 0 Å². The second kappa shape index (κ2) is 5.66. The Labute approximate surface area is 113 Å². The van der Waals surface area contributed by atoms with Gasteiger partial charge in [0.2, 0.25) is 0 Å². The molecule has 1 amide bonds. The summed E-state index contributed by atoms with van der Waals surface area (Å²) >= 11 is 7.13. The normalized spacial score (nSPS) is 10.7. The van der Waals surface area contributed by atoms with E-state index < -0.39 is 0 Å². The van der Waals surface area contributed by atoms with Crippen LogP contribution >= 0.6 is 22.9 Å². The third-order valence-corrected chi connectivity index (χ3v) is 3.25. The van der Waals surface area contributed by atoms with E-state index in [1.165, 1.54) is 41.8 Å². The number of rotatable bonds is 3. The summed E-state index contributed by atoms with van der Waals surface area (Å²) in [6.07, 6.45) is 1.52. The highest BCUT2D eigenvalue weighted by molar-refractivity contribution is 7.17. The van der Waals surface area contributed by atoms with E-state index in [4.69, 9.17) is 16.7 Å². The molecule has 4 nitrogen and oxygen atoms in total. The van der Waals surface area contributed by atoms with Gasteiger partial charge in [-0.25, -0.2) is 5.43 Å². The lowest BCUT2D eigenvalue weighted by molar-refractivity contribution is 0.0955. The maximum atomic E-state index is 11.6. The Hall–Kier alpha value is -1.85. The van der Waals surface area contributed by atoms with E-state index in [9.17, 15) is 4.79 Å². The smallest absolute Gasteiger partial charge is 0.271 e. The van der Waals surface area contributed by atoms with Gasteiger partial charge in [-0.05, 0) is 36.4 Å². The van der Waals surface area contributed by atoms with Crippen LogP contribution in [0.2, 0.25) is 4.34 Å². The zero-order chi connectivity index (χ0) is 13.0. The zero-order valence-corrected chi connectivity index (χ0v) is 10.7. The molecule has 2 aromatic rings. The van der Waals surface area contributed by atoms with Crippen molar-refractivity contribution in [2.45, 2.75) is 0 Å². The third-order valence-electron chi connectivity index (χ3n) is 2.08. The molecule has 2 rings (SSSR count). The van der Waals surface area contributed by atoms with Crippen molar-refractivity contribution in [3.63, 3.8) is 0 Å². The summed E-state index contributed by atoms with van der Waals surface area (Å²) in [5, 5.41) is 12.9. The number of hydrogen-bond donors (Lipinski definition) is 2. The fourth-order valence-corrected chi connectivity index (χ4v) is 2.16. The number of aromatic hydroxyl groups is 1. The Bertz CT molecular complexity index is 578. The molecule has 0 aliphatic rings. The quantitative estimate of drug-likeness (QED) is 0.671. The predicted molar refractivity (Wildman–Crippen MR) is 72.5 cm³/mol. The van der Waals surface area contributed by atoms with Crippen molar-refractivity contribution < 1.29 is 9.90 Å². The molecule has 0 saturated heterocycles. The average Bonchev–Trinajstić information content (AvgIpc) is 2.76. The number of halogens is 1. The van der Waals surface area contributed by atoms with Gasteiger partial charge in [0, 0.05) is 10.4 Å². The van der Waals surface area contributed by atoms with E-state index >= 15 is 0 Å². The van der Waals surface area contributed by atoms with Crippen molar-refractivity contribution in [3.05, 3.63) is 51.2 Å². The summed E-state index contributed by atoms with van der Waals surface area (Å²) in [7, 11) is 0. The molecule has 0 spiro atoms. The van der Waals surface area contributed by atoms with Crippen molar-refractivity contribution in [3.8, 4) is 5.75 Å². The fraction of sp³-hybridized carbons (Fsp3) is 0. The summed E-state index contributed by atoms with van der Waals surface area (Å²) in [6, 6.07) is 9.48. The number of carbonyl (C=O) groups is 1. The summed E-state index contributed by atoms with van der Waals surface area (Å²) < 4.78 is 0.668. The standard InChI is InChI=1S/C12H9ClN2O2S/c13-11-6-5-10(18-11)7-14-15-12(17)8-1-3-9(16)4-2-8/h1-7,16H,(H,15,17)/b14-7+. The van der Waals surface area contributed by atoms with Gasteiger partial charge in [0.25, 0.3) is 5.91 Å². The first-order valence-corrected chi connectivity index (χ1v) is 6.22. The van der Waals surface area contributed by atoms with E-state index in [0.717, 1.165) is 4.88 Å². The highest BCUT2D eigenvalue weighted by Crippen LogP contribution is 2.19. The summed E-state index contributed by atoms with van der Waals surface area (Å²) in [6.45, 7) is 0. The Morgan fingerprint density at radius 3 is 2.61 bits per heavy atom. The molecule has 1 aromatic heterocycles. The van der Waals surface area contributed by atoms with Gasteiger partial charge in [0.05, 0.1) is 10.6 Å². The van der Waals surface area contributed by atoms with Gasteiger partial charge in [-0.15, -0.1) is 11.3 Å². The second-order valence-electron chi connectivity index (χ2n) is 3.39. The summed E-state index contributed by atoms with van der Waals surface area (Å²) in [4.78, 5) is 12.5. The molecule has 0 radical (unpaired) electrons. The molecule has 0 bridgehead atoms. The minimum atomic E-state index is -0.339. The number of nitrogens with zero attached hydrogens (tertiary/aromatic N) is 1. The van der Waals surface area contributed by atoms with Crippen LogP contribution in [0.4, 0.5) is 0 Å². The molecule has 0 aliphatic heterocycles. The van der Waals surface area contributed by atoms with Gasteiger partial charge < -0.3 is 5.11 Å². The number of carbonyl (C=O) groups excluding carboxylic acids is 1. The maximum Gasteiger partial charge on any atom is 0.271 e. The number of hydrogen-bond acceptors (Lipinski definition) is 4. The summed E-state index contributed by atoms with van der Waals surface area (Å²) in [5.74, 6) is -0.225. The van der Waals surface area contributed by atoms with E-state index in [2.05, 4.69) is 10.5 Å². The molecule has 1 heterocycles. The van der Waals surface area contributed by atoms with Crippen LogP contribution in [0.5, 0.6) is 5.75 Å². The molecule has 0 saturated carbocycles. The molecule has 0 fully saturated rings. The highest BCUT2D eigenvalue weighted by Gasteiger charge is 2.03. The first-order valence-electron chi connectivity index (χ1n) is 5.03. The largest absolute Gasteiger partial charge is 0.508 e. The van der Waals surface area contributed by atoms with Crippen LogP contribution in [0.15, 0.2) is 41.5 Å². The Balaban J connectivity index is 1.96. The SMILES string of the molecule is O=C(N/N=C/c1ccc(Cl)s1)c1ccc(O)cc1. The minimum Gasteiger partial charge on any atom is -0.508 e. The number of nitrogens with one attached hydrogen (secondary N) is 1. The van der Waals surface area contributed by atoms with E-state index in [-0.39, 0.29) is 11.7 Å². The number of thiophene rings is 1. The summed E-state index contributed by atoms with van der Waals surface area (Å²) in [5.41, 5.74) is 2.81. The van der Waals surface area contributed by atoms with Crippen molar-refractivity contribution in [1.82, 2.24) is 5.43 Å². The number of hydrazone groups is 1. The lowest BCUT2D eigenvalue weighted by Crippen LogP contribution is -2.17. The van der Waals surface area contributed by atoms with E-state index in [1.807, 2.05) is 6.07 Å². The Morgan fingerprint density at radius 2 is 2.00 bits per heavy atom. The van der Waals surface area contributed by atoms with Crippen LogP contribution in [0, 0.1) is 0 Å². The predicted octanol–water partition coefficient (Wildman–Crippen LogP) is 2.87. The lowest BCUT2D eigenvalue weighted by atomic mass is 10.2. The molecule has 0 unspecified atom stereocenters. The van der Waals surface area contributed by atoms with Crippen LogP contribution in [0.25, 0.3) is 0 Å².